The number of hydrogen-bond acceptors (Lipinski definition) is 3. The van der Waals surface area contributed by atoms with Gasteiger partial charge in [0.05, 0.1) is 0 Å². The van der Waals surface area contributed by atoms with E-state index in [0.29, 0.717) is 5.69 Å². The summed E-state index contributed by atoms with van der Waals surface area (Å²) in [5.74, 6) is -0.00744. The van der Waals surface area contributed by atoms with E-state index < -0.39 is 6.04 Å². The van der Waals surface area contributed by atoms with E-state index in [1.54, 1.807) is 6.92 Å². The van der Waals surface area contributed by atoms with Crippen LogP contribution >= 0.6 is 12.4 Å². The number of amides is 3. The molecule has 1 unspecified atom stereocenters. The van der Waals surface area contributed by atoms with Gasteiger partial charge in [0, 0.05) is 18.3 Å². The third-order valence-electron chi connectivity index (χ3n) is 4.25. The molecule has 3 amide bonds. The zero-order chi connectivity index (χ0) is 17.4. The summed E-state index contributed by atoms with van der Waals surface area (Å²) >= 11 is 0. The van der Waals surface area contributed by atoms with Crippen molar-refractivity contribution in [3.63, 3.8) is 0 Å². The van der Waals surface area contributed by atoms with Crippen LogP contribution in [0.25, 0.3) is 0 Å². The molecule has 1 fully saturated rings. The van der Waals surface area contributed by atoms with Crippen molar-refractivity contribution in [1.82, 2.24) is 15.5 Å². The van der Waals surface area contributed by atoms with E-state index in [1.807, 2.05) is 35.2 Å². The van der Waals surface area contributed by atoms with E-state index in [0.717, 1.165) is 38.9 Å². The predicted octanol–water partition coefficient (Wildman–Crippen LogP) is 2.61. The molecule has 1 aromatic carbocycles. The first kappa shape index (κ1) is 21.3. The first-order valence-electron chi connectivity index (χ1n) is 8.75. The number of para-hydroxylation sites is 1. The molecule has 2 rings (SSSR count). The van der Waals surface area contributed by atoms with E-state index in [4.69, 9.17) is 0 Å². The summed E-state index contributed by atoms with van der Waals surface area (Å²) in [6.07, 6.45) is 2.85. The van der Waals surface area contributed by atoms with Gasteiger partial charge in [0.2, 0.25) is 5.91 Å². The normalized spacial score (nSPS) is 15.6. The SMILES string of the molecule is CCCN(C(=O)C(C)NC(=O)Nc1ccccc1)C1CCNCC1.Cl. The number of halogens is 1. The zero-order valence-corrected chi connectivity index (χ0v) is 15.8. The van der Waals surface area contributed by atoms with Crippen LogP contribution in [0.3, 0.4) is 0 Å². The molecule has 7 heteroatoms. The van der Waals surface area contributed by atoms with Crippen LogP contribution in [0.2, 0.25) is 0 Å². The summed E-state index contributed by atoms with van der Waals surface area (Å²) in [5.41, 5.74) is 0.707. The van der Waals surface area contributed by atoms with E-state index in [-0.39, 0.29) is 30.4 Å². The molecule has 25 heavy (non-hydrogen) atoms. The topological polar surface area (TPSA) is 73.5 Å². The summed E-state index contributed by atoms with van der Waals surface area (Å²) in [6.45, 7) is 6.43. The fourth-order valence-electron chi connectivity index (χ4n) is 3.03. The number of rotatable bonds is 6. The summed E-state index contributed by atoms with van der Waals surface area (Å²) in [7, 11) is 0. The van der Waals surface area contributed by atoms with Gasteiger partial charge in [-0.05, 0) is 51.4 Å². The monoisotopic (exact) mass is 368 g/mol. The fourth-order valence-corrected chi connectivity index (χ4v) is 3.03. The summed E-state index contributed by atoms with van der Waals surface area (Å²) < 4.78 is 0. The molecular formula is C18H29ClN4O2. The van der Waals surface area contributed by atoms with Gasteiger partial charge in [0.15, 0.2) is 0 Å². The van der Waals surface area contributed by atoms with Crippen LogP contribution in [0.4, 0.5) is 10.5 Å². The molecule has 1 aliphatic heterocycles. The molecule has 1 heterocycles. The van der Waals surface area contributed by atoms with Crippen molar-refractivity contribution >= 4 is 30.0 Å². The van der Waals surface area contributed by atoms with E-state index >= 15 is 0 Å². The molecule has 0 spiro atoms. The third kappa shape index (κ3) is 6.55. The summed E-state index contributed by atoms with van der Waals surface area (Å²) in [6, 6.07) is 8.57. The molecule has 0 radical (unpaired) electrons. The lowest BCUT2D eigenvalue weighted by molar-refractivity contribution is -0.135. The number of benzene rings is 1. The lowest BCUT2D eigenvalue weighted by Crippen LogP contribution is -2.53. The minimum absolute atomic E-state index is 0. The number of nitrogens with zero attached hydrogens (tertiary/aromatic N) is 1. The van der Waals surface area contributed by atoms with Crippen molar-refractivity contribution in [2.24, 2.45) is 0 Å². The fraction of sp³-hybridized carbons (Fsp3) is 0.556. The highest BCUT2D eigenvalue weighted by atomic mass is 35.5. The maximum Gasteiger partial charge on any atom is 0.319 e. The number of urea groups is 1. The number of carbonyl (C=O) groups is 2. The molecule has 1 saturated heterocycles. The number of piperidine rings is 1. The molecule has 1 aromatic rings. The number of anilines is 1. The van der Waals surface area contributed by atoms with E-state index in [9.17, 15) is 9.59 Å². The van der Waals surface area contributed by atoms with Crippen molar-refractivity contribution in [2.75, 3.05) is 25.0 Å². The average Bonchev–Trinajstić information content (AvgIpc) is 2.60. The van der Waals surface area contributed by atoms with Gasteiger partial charge in [-0.2, -0.15) is 0 Å². The first-order chi connectivity index (χ1) is 11.6. The predicted molar refractivity (Wildman–Crippen MR) is 103 cm³/mol. The molecule has 0 bridgehead atoms. The molecule has 0 aromatic heterocycles. The van der Waals surface area contributed by atoms with Crippen LogP contribution in [0, 0.1) is 0 Å². The maximum atomic E-state index is 12.8. The van der Waals surface area contributed by atoms with Crippen molar-refractivity contribution < 1.29 is 9.59 Å². The second kappa shape index (κ2) is 10.9. The van der Waals surface area contributed by atoms with Gasteiger partial charge in [-0.3, -0.25) is 4.79 Å². The highest BCUT2D eigenvalue weighted by Gasteiger charge is 2.28. The van der Waals surface area contributed by atoms with Gasteiger partial charge in [-0.1, -0.05) is 25.1 Å². The quantitative estimate of drug-likeness (QED) is 0.722. The maximum absolute atomic E-state index is 12.8. The lowest BCUT2D eigenvalue weighted by atomic mass is 10.0. The molecule has 1 atom stereocenters. The van der Waals surface area contributed by atoms with Crippen LogP contribution in [0.5, 0.6) is 0 Å². The Hall–Kier alpha value is -1.79. The molecule has 0 aliphatic carbocycles. The van der Waals surface area contributed by atoms with Gasteiger partial charge >= 0.3 is 6.03 Å². The average molecular weight is 369 g/mol. The minimum Gasteiger partial charge on any atom is -0.338 e. The van der Waals surface area contributed by atoms with E-state index in [1.165, 1.54) is 0 Å². The van der Waals surface area contributed by atoms with Gasteiger partial charge in [0.1, 0.15) is 6.04 Å². The standard InChI is InChI=1S/C18H28N4O2.ClH/c1-3-13-22(16-9-11-19-12-10-16)17(23)14(2)20-18(24)21-15-7-5-4-6-8-15;/h4-8,14,16,19H,3,9-13H2,1-2H3,(H2,20,21,24);1H. The second-order valence-corrected chi connectivity index (χ2v) is 6.20. The highest BCUT2D eigenvalue weighted by molar-refractivity contribution is 5.93. The van der Waals surface area contributed by atoms with Crippen LogP contribution < -0.4 is 16.0 Å². The Bertz CT molecular complexity index is 535. The van der Waals surface area contributed by atoms with Crippen molar-refractivity contribution in [2.45, 2.75) is 45.2 Å². The highest BCUT2D eigenvalue weighted by Crippen LogP contribution is 2.14. The summed E-state index contributed by atoms with van der Waals surface area (Å²) in [4.78, 5) is 26.8. The molecule has 0 saturated carbocycles. The van der Waals surface area contributed by atoms with Crippen molar-refractivity contribution in [3.8, 4) is 0 Å². The first-order valence-corrected chi connectivity index (χ1v) is 8.75. The number of nitrogens with one attached hydrogen (secondary N) is 3. The van der Waals surface area contributed by atoms with Crippen molar-refractivity contribution in [3.05, 3.63) is 30.3 Å². The lowest BCUT2D eigenvalue weighted by Gasteiger charge is -2.36. The molecule has 3 N–H and O–H groups in total. The van der Waals surface area contributed by atoms with E-state index in [2.05, 4.69) is 22.9 Å². The van der Waals surface area contributed by atoms with Crippen LogP contribution in [0.15, 0.2) is 30.3 Å². The molecular weight excluding hydrogens is 340 g/mol. The largest absolute Gasteiger partial charge is 0.338 e. The third-order valence-corrected chi connectivity index (χ3v) is 4.25. The smallest absolute Gasteiger partial charge is 0.319 e. The Labute approximate surface area is 156 Å². The molecule has 6 nitrogen and oxygen atoms in total. The van der Waals surface area contributed by atoms with Crippen LogP contribution in [0.1, 0.15) is 33.1 Å². The zero-order valence-electron chi connectivity index (χ0n) is 15.0. The summed E-state index contributed by atoms with van der Waals surface area (Å²) in [5, 5.41) is 8.82. The Balaban J connectivity index is 0.00000312. The Morgan fingerprint density at radius 1 is 1.24 bits per heavy atom. The van der Waals surface area contributed by atoms with Crippen LogP contribution in [-0.4, -0.2) is 48.6 Å². The Morgan fingerprint density at radius 2 is 1.88 bits per heavy atom. The van der Waals surface area contributed by atoms with Gasteiger partial charge < -0.3 is 20.9 Å². The van der Waals surface area contributed by atoms with Crippen LogP contribution in [-0.2, 0) is 4.79 Å². The minimum atomic E-state index is -0.546. The number of hydrogen-bond donors (Lipinski definition) is 3. The molecule has 140 valence electrons. The Kier molecular flexibility index (Phi) is 9.31. The number of carbonyl (C=O) groups excluding carboxylic acids is 2. The van der Waals surface area contributed by atoms with Gasteiger partial charge in [-0.25, -0.2) is 4.79 Å². The van der Waals surface area contributed by atoms with Gasteiger partial charge in [0.25, 0.3) is 0 Å². The Morgan fingerprint density at radius 3 is 2.48 bits per heavy atom. The second-order valence-electron chi connectivity index (χ2n) is 6.20. The van der Waals surface area contributed by atoms with Crippen molar-refractivity contribution in [1.29, 1.82) is 0 Å². The molecule has 1 aliphatic rings. The van der Waals surface area contributed by atoms with Gasteiger partial charge in [-0.15, -0.1) is 12.4 Å².